The minimum atomic E-state index is -0.439. The number of benzene rings is 2. The number of amides is 1. The Labute approximate surface area is 158 Å². The highest BCUT2D eigenvalue weighted by molar-refractivity contribution is 7.09. The van der Waals surface area contributed by atoms with Gasteiger partial charge in [-0.05, 0) is 38.5 Å². The van der Waals surface area contributed by atoms with E-state index in [0.29, 0.717) is 0 Å². The Morgan fingerprint density at radius 3 is 2.31 bits per heavy atom. The maximum absolute atomic E-state index is 12.7. The second-order valence-electron chi connectivity index (χ2n) is 6.48. The molecule has 134 valence electrons. The molecular formula is C21H23N3OS. The van der Waals surface area contributed by atoms with Crippen LogP contribution in [0.3, 0.4) is 0 Å². The van der Waals surface area contributed by atoms with Crippen molar-refractivity contribution in [1.29, 1.82) is 0 Å². The number of thiazole rings is 1. The normalized spacial score (nSPS) is 12.0. The molecule has 0 aliphatic rings. The van der Waals surface area contributed by atoms with Crippen LogP contribution in [0.1, 0.15) is 30.5 Å². The van der Waals surface area contributed by atoms with Crippen LogP contribution in [0, 0.1) is 6.92 Å². The van der Waals surface area contributed by atoms with E-state index in [0.717, 1.165) is 27.5 Å². The van der Waals surface area contributed by atoms with E-state index in [1.54, 1.807) is 11.3 Å². The van der Waals surface area contributed by atoms with E-state index in [1.165, 1.54) is 0 Å². The van der Waals surface area contributed by atoms with E-state index in [-0.39, 0.29) is 11.9 Å². The fourth-order valence-electron chi connectivity index (χ4n) is 2.71. The summed E-state index contributed by atoms with van der Waals surface area (Å²) in [5.74, 6) is -0.0367. The fourth-order valence-corrected chi connectivity index (χ4v) is 3.34. The van der Waals surface area contributed by atoms with Gasteiger partial charge in [0, 0.05) is 22.7 Å². The molecule has 0 saturated heterocycles. The van der Waals surface area contributed by atoms with E-state index in [4.69, 9.17) is 0 Å². The number of anilines is 1. The summed E-state index contributed by atoms with van der Waals surface area (Å²) in [6.07, 6.45) is 0. The molecule has 1 amide bonds. The second-order valence-corrected chi connectivity index (χ2v) is 7.54. The van der Waals surface area contributed by atoms with Crippen LogP contribution in [0.2, 0.25) is 0 Å². The Balaban J connectivity index is 1.81. The van der Waals surface area contributed by atoms with Gasteiger partial charge in [0.2, 0.25) is 5.91 Å². The monoisotopic (exact) mass is 365 g/mol. The average molecular weight is 366 g/mol. The summed E-state index contributed by atoms with van der Waals surface area (Å²) in [5, 5.41) is 9.45. The molecule has 0 spiro atoms. The van der Waals surface area contributed by atoms with E-state index in [2.05, 4.69) is 21.0 Å². The number of carbonyl (C=O) groups is 1. The van der Waals surface area contributed by atoms with E-state index >= 15 is 0 Å². The molecule has 0 saturated carbocycles. The summed E-state index contributed by atoms with van der Waals surface area (Å²) in [6, 6.07) is 17.4. The van der Waals surface area contributed by atoms with Crippen molar-refractivity contribution in [3.05, 3.63) is 70.5 Å². The van der Waals surface area contributed by atoms with Crippen LogP contribution in [-0.2, 0) is 4.79 Å². The number of hydrogen-bond acceptors (Lipinski definition) is 4. The van der Waals surface area contributed by atoms with Crippen molar-refractivity contribution in [2.24, 2.45) is 0 Å². The zero-order valence-corrected chi connectivity index (χ0v) is 16.0. The van der Waals surface area contributed by atoms with E-state index in [9.17, 15) is 4.79 Å². The van der Waals surface area contributed by atoms with Crippen LogP contribution in [-0.4, -0.2) is 16.9 Å². The smallest absolute Gasteiger partial charge is 0.247 e. The van der Waals surface area contributed by atoms with Crippen molar-refractivity contribution < 1.29 is 4.79 Å². The van der Waals surface area contributed by atoms with Gasteiger partial charge in [-0.2, -0.15) is 0 Å². The van der Waals surface area contributed by atoms with Crippen molar-refractivity contribution in [3.63, 3.8) is 0 Å². The number of nitrogens with one attached hydrogen (secondary N) is 2. The minimum absolute atomic E-state index is 0.0367. The molecule has 0 aliphatic heterocycles. The topological polar surface area (TPSA) is 54.0 Å². The highest BCUT2D eigenvalue weighted by Gasteiger charge is 2.20. The number of hydrogen-bond donors (Lipinski definition) is 2. The first-order chi connectivity index (χ1) is 12.5. The Kier molecular flexibility index (Phi) is 5.68. The molecular weight excluding hydrogens is 342 g/mol. The molecule has 26 heavy (non-hydrogen) atoms. The van der Waals surface area contributed by atoms with Gasteiger partial charge in [-0.1, -0.05) is 42.5 Å². The van der Waals surface area contributed by atoms with Gasteiger partial charge < -0.3 is 10.6 Å². The lowest BCUT2D eigenvalue weighted by Crippen LogP contribution is -2.37. The van der Waals surface area contributed by atoms with Crippen molar-refractivity contribution in [1.82, 2.24) is 10.3 Å². The summed E-state index contributed by atoms with van der Waals surface area (Å²) in [4.78, 5) is 17.2. The highest BCUT2D eigenvalue weighted by Crippen LogP contribution is 2.25. The third-order valence-corrected chi connectivity index (χ3v) is 4.71. The van der Waals surface area contributed by atoms with E-state index < -0.39 is 6.04 Å². The largest absolute Gasteiger partial charge is 0.370 e. The molecule has 1 heterocycles. The summed E-state index contributed by atoms with van der Waals surface area (Å²) in [7, 11) is 0. The Morgan fingerprint density at radius 2 is 1.73 bits per heavy atom. The van der Waals surface area contributed by atoms with Crippen LogP contribution < -0.4 is 10.6 Å². The molecule has 1 aromatic heterocycles. The zero-order chi connectivity index (χ0) is 18.5. The molecule has 4 nitrogen and oxygen atoms in total. The van der Waals surface area contributed by atoms with Crippen LogP contribution >= 0.6 is 11.3 Å². The van der Waals surface area contributed by atoms with Crippen LogP contribution in [0.15, 0.2) is 60.0 Å². The number of nitrogens with zero attached hydrogens (tertiary/aromatic N) is 1. The molecule has 3 aromatic rings. The first-order valence-corrected chi connectivity index (χ1v) is 9.55. The van der Waals surface area contributed by atoms with Gasteiger partial charge in [0.1, 0.15) is 6.04 Å². The van der Waals surface area contributed by atoms with Gasteiger partial charge in [-0.3, -0.25) is 4.79 Å². The molecule has 0 bridgehead atoms. The molecule has 0 radical (unpaired) electrons. The van der Waals surface area contributed by atoms with Crippen LogP contribution in [0.25, 0.3) is 11.3 Å². The van der Waals surface area contributed by atoms with Crippen molar-refractivity contribution >= 4 is 22.9 Å². The molecule has 3 rings (SSSR count). The van der Waals surface area contributed by atoms with Gasteiger partial charge in [0.25, 0.3) is 0 Å². The quantitative estimate of drug-likeness (QED) is 0.660. The van der Waals surface area contributed by atoms with Crippen LogP contribution in [0.4, 0.5) is 5.69 Å². The summed E-state index contributed by atoms with van der Waals surface area (Å²) < 4.78 is 0. The molecule has 5 heteroatoms. The maximum Gasteiger partial charge on any atom is 0.247 e. The minimum Gasteiger partial charge on any atom is -0.370 e. The zero-order valence-electron chi connectivity index (χ0n) is 15.2. The van der Waals surface area contributed by atoms with Gasteiger partial charge in [-0.25, -0.2) is 4.98 Å². The molecule has 1 unspecified atom stereocenters. The standard InChI is InChI=1S/C21H23N3OS/c1-14(2)22-21(25)20(17-7-5-4-6-8-17)24-18-11-9-16(10-12-18)19-13-26-15(3)23-19/h4-14,20,24H,1-3H3,(H,22,25). The fraction of sp³-hybridized carbons (Fsp3) is 0.238. The lowest BCUT2D eigenvalue weighted by molar-refractivity contribution is -0.122. The predicted octanol–water partition coefficient (Wildman–Crippen LogP) is 4.80. The van der Waals surface area contributed by atoms with Gasteiger partial charge in [0.15, 0.2) is 0 Å². The number of aryl methyl sites for hydroxylation is 1. The van der Waals surface area contributed by atoms with Gasteiger partial charge >= 0.3 is 0 Å². The van der Waals surface area contributed by atoms with Gasteiger partial charge in [0.05, 0.1) is 10.7 Å². The SMILES string of the molecule is Cc1nc(-c2ccc(NC(C(=O)NC(C)C)c3ccccc3)cc2)cs1. The average Bonchev–Trinajstić information content (AvgIpc) is 3.06. The molecule has 2 aromatic carbocycles. The first-order valence-electron chi connectivity index (χ1n) is 8.67. The number of rotatable bonds is 6. The summed E-state index contributed by atoms with van der Waals surface area (Å²) in [5.41, 5.74) is 3.89. The van der Waals surface area contributed by atoms with Crippen molar-refractivity contribution in [3.8, 4) is 11.3 Å². The molecule has 0 fully saturated rings. The lowest BCUT2D eigenvalue weighted by Gasteiger charge is -2.21. The predicted molar refractivity (Wildman–Crippen MR) is 108 cm³/mol. The maximum atomic E-state index is 12.7. The summed E-state index contributed by atoms with van der Waals surface area (Å²) in [6.45, 7) is 5.93. The lowest BCUT2D eigenvalue weighted by atomic mass is 10.0. The third kappa shape index (κ3) is 4.49. The second kappa shape index (κ2) is 8.15. The molecule has 0 aliphatic carbocycles. The molecule has 1 atom stereocenters. The molecule has 2 N–H and O–H groups in total. The van der Waals surface area contributed by atoms with Gasteiger partial charge in [-0.15, -0.1) is 11.3 Å². The number of carbonyl (C=O) groups excluding carboxylic acids is 1. The van der Waals surface area contributed by atoms with E-state index in [1.807, 2.05) is 75.4 Å². The summed E-state index contributed by atoms with van der Waals surface area (Å²) >= 11 is 1.64. The Morgan fingerprint density at radius 1 is 1.04 bits per heavy atom. The Bertz CT molecular complexity index is 856. The first kappa shape index (κ1) is 18.1. The van der Waals surface area contributed by atoms with Crippen molar-refractivity contribution in [2.75, 3.05) is 5.32 Å². The Hall–Kier alpha value is -2.66. The third-order valence-electron chi connectivity index (χ3n) is 3.94. The number of aromatic nitrogens is 1. The van der Waals surface area contributed by atoms with Crippen molar-refractivity contribution in [2.45, 2.75) is 32.9 Å². The highest BCUT2D eigenvalue weighted by atomic mass is 32.1. The van der Waals surface area contributed by atoms with Crippen LogP contribution in [0.5, 0.6) is 0 Å².